The van der Waals surface area contributed by atoms with Crippen molar-refractivity contribution in [3.05, 3.63) is 0 Å². The van der Waals surface area contributed by atoms with Crippen LogP contribution in [0.25, 0.3) is 0 Å². The lowest BCUT2D eigenvalue weighted by atomic mass is 10.1. The van der Waals surface area contributed by atoms with Gasteiger partial charge in [-0.3, -0.25) is 4.79 Å². The molecule has 88 valence electrons. The Morgan fingerprint density at radius 2 is 2.27 bits per heavy atom. The smallest absolute Gasteiger partial charge is 0.239 e. The van der Waals surface area contributed by atoms with Crippen LogP contribution in [0.15, 0.2) is 0 Å². The van der Waals surface area contributed by atoms with Gasteiger partial charge in [-0.2, -0.15) is 0 Å². The minimum Gasteiger partial charge on any atom is -0.394 e. The lowest BCUT2D eigenvalue weighted by Crippen LogP contribution is -2.49. The zero-order valence-electron chi connectivity index (χ0n) is 9.48. The van der Waals surface area contributed by atoms with Crippen LogP contribution in [0.1, 0.15) is 39.0 Å². The standard InChI is InChI=1S/C11H22N2O2/c1-2-10(12)11(15)13-7-5-3-4-6-9(13)8-14/h9-10,14H,2-8,12H2,1H3. The highest BCUT2D eigenvalue weighted by Gasteiger charge is 2.27. The molecule has 0 aliphatic carbocycles. The van der Waals surface area contributed by atoms with Crippen LogP contribution in [0.5, 0.6) is 0 Å². The van der Waals surface area contributed by atoms with Gasteiger partial charge in [0.05, 0.1) is 18.7 Å². The number of nitrogens with two attached hydrogens (primary N) is 1. The maximum Gasteiger partial charge on any atom is 0.239 e. The minimum atomic E-state index is -0.405. The molecule has 1 fully saturated rings. The molecule has 1 aliphatic heterocycles. The van der Waals surface area contributed by atoms with Crippen molar-refractivity contribution in [1.29, 1.82) is 0 Å². The van der Waals surface area contributed by atoms with E-state index in [9.17, 15) is 9.90 Å². The van der Waals surface area contributed by atoms with Crippen molar-refractivity contribution in [2.75, 3.05) is 13.2 Å². The quantitative estimate of drug-likeness (QED) is 0.718. The zero-order valence-corrected chi connectivity index (χ0v) is 9.48. The van der Waals surface area contributed by atoms with E-state index in [1.54, 1.807) is 4.90 Å². The third-order valence-electron chi connectivity index (χ3n) is 3.13. The fourth-order valence-corrected chi connectivity index (χ4v) is 2.04. The van der Waals surface area contributed by atoms with Crippen LogP contribution in [-0.2, 0) is 4.79 Å². The van der Waals surface area contributed by atoms with Crippen LogP contribution < -0.4 is 5.73 Å². The Bertz CT molecular complexity index is 209. The van der Waals surface area contributed by atoms with Crippen molar-refractivity contribution >= 4 is 5.91 Å². The summed E-state index contributed by atoms with van der Waals surface area (Å²) in [5.74, 6) is -0.00144. The fraction of sp³-hybridized carbons (Fsp3) is 0.909. The lowest BCUT2D eigenvalue weighted by molar-refractivity contribution is -0.135. The van der Waals surface area contributed by atoms with Crippen LogP contribution in [0, 0.1) is 0 Å². The molecule has 3 N–H and O–H groups in total. The van der Waals surface area contributed by atoms with Gasteiger partial charge >= 0.3 is 0 Å². The number of hydrogen-bond acceptors (Lipinski definition) is 3. The average molecular weight is 214 g/mol. The molecule has 0 spiro atoms. The van der Waals surface area contributed by atoms with Crippen molar-refractivity contribution in [3.63, 3.8) is 0 Å². The molecule has 1 heterocycles. The van der Waals surface area contributed by atoms with Crippen LogP contribution in [0.2, 0.25) is 0 Å². The normalized spacial score (nSPS) is 24.7. The van der Waals surface area contributed by atoms with Crippen molar-refractivity contribution in [3.8, 4) is 0 Å². The van der Waals surface area contributed by atoms with Gasteiger partial charge in [-0.05, 0) is 19.3 Å². The van der Waals surface area contributed by atoms with E-state index >= 15 is 0 Å². The van der Waals surface area contributed by atoms with Crippen molar-refractivity contribution in [2.24, 2.45) is 5.73 Å². The Morgan fingerprint density at radius 1 is 1.53 bits per heavy atom. The Hall–Kier alpha value is -0.610. The number of likely N-dealkylation sites (tertiary alicyclic amines) is 1. The third kappa shape index (κ3) is 3.18. The van der Waals surface area contributed by atoms with E-state index in [4.69, 9.17) is 5.73 Å². The van der Waals surface area contributed by atoms with Crippen LogP contribution >= 0.6 is 0 Å². The summed E-state index contributed by atoms with van der Waals surface area (Å²) in [5, 5.41) is 9.26. The molecule has 0 saturated carbocycles. The first kappa shape index (κ1) is 12.5. The van der Waals surface area contributed by atoms with Gasteiger partial charge in [-0.15, -0.1) is 0 Å². The van der Waals surface area contributed by atoms with Gasteiger partial charge in [0.25, 0.3) is 0 Å². The van der Waals surface area contributed by atoms with Gasteiger partial charge in [0.1, 0.15) is 0 Å². The molecule has 15 heavy (non-hydrogen) atoms. The second-order valence-electron chi connectivity index (χ2n) is 4.23. The van der Waals surface area contributed by atoms with Gasteiger partial charge in [0.15, 0.2) is 0 Å². The predicted octanol–water partition coefficient (Wildman–Crippen LogP) is 0.487. The van der Waals surface area contributed by atoms with Crippen LogP contribution in [0.3, 0.4) is 0 Å². The van der Waals surface area contributed by atoms with Gasteiger partial charge in [0.2, 0.25) is 5.91 Å². The first-order valence-corrected chi connectivity index (χ1v) is 5.87. The van der Waals surface area contributed by atoms with E-state index < -0.39 is 6.04 Å². The summed E-state index contributed by atoms with van der Waals surface area (Å²) in [4.78, 5) is 13.7. The maximum atomic E-state index is 11.9. The van der Waals surface area contributed by atoms with Crippen LogP contribution in [-0.4, -0.2) is 41.1 Å². The molecule has 2 unspecified atom stereocenters. The topological polar surface area (TPSA) is 66.6 Å². The van der Waals surface area contributed by atoms with Crippen LogP contribution in [0.4, 0.5) is 0 Å². The molecule has 2 atom stereocenters. The summed E-state index contributed by atoms with van der Waals surface area (Å²) in [5.41, 5.74) is 5.74. The van der Waals surface area contributed by atoms with E-state index in [2.05, 4.69) is 0 Å². The number of hydrogen-bond donors (Lipinski definition) is 2. The van der Waals surface area contributed by atoms with E-state index in [-0.39, 0.29) is 18.6 Å². The molecule has 1 aliphatic rings. The second kappa shape index (κ2) is 6.08. The van der Waals surface area contributed by atoms with E-state index in [0.717, 1.165) is 32.2 Å². The Morgan fingerprint density at radius 3 is 2.87 bits per heavy atom. The minimum absolute atomic E-state index is 0.00144. The molecular weight excluding hydrogens is 192 g/mol. The first-order chi connectivity index (χ1) is 7.20. The Kier molecular flexibility index (Phi) is 5.05. The van der Waals surface area contributed by atoms with Crippen molar-refractivity contribution in [1.82, 2.24) is 4.90 Å². The molecule has 0 radical (unpaired) electrons. The highest BCUT2D eigenvalue weighted by molar-refractivity contribution is 5.81. The summed E-state index contributed by atoms with van der Waals surface area (Å²) in [6, 6.07) is -0.422. The van der Waals surface area contributed by atoms with Crippen molar-refractivity contribution in [2.45, 2.75) is 51.1 Å². The molecule has 1 saturated heterocycles. The highest BCUT2D eigenvalue weighted by Crippen LogP contribution is 2.17. The summed E-state index contributed by atoms with van der Waals surface area (Å²) in [6.45, 7) is 2.72. The highest BCUT2D eigenvalue weighted by atomic mass is 16.3. The molecule has 1 rings (SSSR count). The molecule has 0 aromatic carbocycles. The van der Waals surface area contributed by atoms with E-state index in [0.29, 0.717) is 6.42 Å². The molecule has 4 nitrogen and oxygen atoms in total. The number of rotatable bonds is 3. The molecule has 0 bridgehead atoms. The molecular formula is C11H22N2O2. The monoisotopic (exact) mass is 214 g/mol. The molecule has 0 aromatic heterocycles. The average Bonchev–Trinajstić information content (AvgIpc) is 2.51. The lowest BCUT2D eigenvalue weighted by Gasteiger charge is -2.30. The number of aliphatic hydroxyl groups is 1. The van der Waals surface area contributed by atoms with Gasteiger partial charge in [-0.25, -0.2) is 0 Å². The van der Waals surface area contributed by atoms with Gasteiger partial charge in [-0.1, -0.05) is 19.8 Å². The number of carbonyl (C=O) groups is 1. The van der Waals surface area contributed by atoms with Crippen molar-refractivity contribution < 1.29 is 9.90 Å². The number of nitrogens with zero attached hydrogens (tertiary/aromatic N) is 1. The van der Waals surface area contributed by atoms with Gasteiger partial charge < -0.3 is 15.7 Å². The SMILES string of the molecule is CCC(N)C(=O)N1CCCCCC1CO. The Balaban J connectivity index is 2.65. The summed E-state index contributed by atoms with van der Waals surface area (Å²) >= 11 is 0. The molecule has 0 aromatic rings. The largest absolute Gasteiger partial charge is 0.394 e. The molecule has 1 amide bonds. The number of carbonyl (C=O) groups excluding carboxylic acids is 1. The predicted molar refractivity (Wildman–Crippen MR) is 59.3 cm³/mol. The number of aliphatic hydroxyl groups excluding tert-OH is 1. The van der Waals surface area contributed by atoms with Gasteiger partial charge in [0, 0.05) is 6.54 Å². The first-order valence-electron chi connectivity index (χ1n) is 5.87. The van der Waals surface area contributed by atoms with E-state index in [1.165, 1.54) is 0 Å². The maximum absolute atomic E-state index is 11.9. The number of amides is 1. The third-order valence-corrected chi connectivity index (χ3v) is 3.13. The summed E-state index contributed by atoms with van der Waals surface area (Å²) in [7, 11) is 0. The summed E-state index contributed by atoms with van der Waals surface area (Å²) in [6.07, 6.45) is 4.82. The molecule has 4 heteroatoms. The van der Waals surface area contributed by atoms with E-state index in [1.807, 2.05) is 6.92 Å². The zero-order chi connectivity index (χ0) is 11.3. The summed E-state index contributed by atoms with van der Waals surface area (Å²) < 4.78 is 0. The Labute approximate surface area is 91.4 Å². The second-order valence-corrected chi connectivity index (χ2v) is 4.23. The fourth-order valence-electron chi connectivity index (χ4n) is 2.04.